The van der Waals surface area contributed by atoms with Gasteiger partial charge in [-0.1, -0.05) is 13.8 Å². The molecule has 0 atom stereocenters. The smallest absolute Gasteiger partial charge is 0.207 e. The molecule has 2 heterocycles. The molecule has 1 aromatic heterocycles. The molecule has 1 saturated heterocycles. The highest BCUT2D eigenvalue weighted by molar-refractivity contribution is 7.21. The van der Waals surface area contributed by atoms with Gasteiger partial charge in [-0.05, 0) is 79.6 Å². The van der Waals surface area contributed by atoms with Gasteiger partial charge in [0.1, 0.15) is 34.0 Å². The molecule has 0 amide bonds. The van der Waals surface area contributed by atoms with E-state index in [2.05, 4.69) is 4.90 Å². The van der Waals surface area contributed by atoms with Gasteiger partial charge in [0, 0.05) is 40.7 Å². The second kappa shape index (κ2) is 10.6. The molecule has 5 nitrogen and oxygen atoms in total. The minimum atomic E-state index is -0.389. The van der Waals surface area contributed by atoms with Crippen LogP contribution in [0.5, 0.6) is 23.0 Å². The zero-order valence-corrected chi connectivity index (χ0v) is 23.2. The number of ketones is 1. The lowest BCUT2D eigenvalue weighted by Gasteiger charge is -2.42. The van der Waals surface area contributed by atoms with Crippen molar-refractivity contribution in [3.8, 4) is 23.0 Å². The number of phenolic OH excluding ortho intramolecular Hbond substituents is 1. The highest BCUT2D eigenvalue weighted by atomic mass is 32.1. The van der Waals surface area contributed by atoms with Gasteiger partial charge in [0.2, 0.25) is 5.78 Å². The van der Waals surface area contributed by atoms with Gasteiger partial charge in [-0.15, -0.1) is 11.3 Å². The molecule has 5 rings (SSSR count). The van der Waals surface area contributed by atoms with E-state index in [9.17, 15) is 18.7 Å². The number of aryl methyl sites for hydroxylation is 2. The Morgan fingerprint density at radius 2 is 1.69 bits per heavy atom. The first kappa shape index (κ1) is 27.1. The quantitative estimate of drug-likeness (QED) is 0.219. The molecule has 1 N–H and O–H groups in total. The average molecular weight is 552 g/mol. The van der Waals surface area contributed by atoms with Gasteiger partial charge in [0.15, 0.2) is 5.75 Å². The predicted molar refractivity (Wildman–Crippen MR) is 150 cm³/mol. The molecule has 39 heavy (non-hydrogen) atoms. The van der Waals surface area contributed by atoms with Crippen molar-refractivity contribution in [3.63, 3.8) is 0 Å². The number of phenols is 1. The third kappa shape index (κ3) is 5.77. The van der Waals surface area contributed by atoms with Crippen molar-refractivity contribution in [1.29, 1.82) is 0 Å². The van der Waals surface area contributed by atoms with Crippen LogP contribution in [-0.4, -0.2) is 48.2 Å². The number of rotatable bonds is 9. The van der Waals surface area contributed by atoms with Crippen molar-refractivity contribution in [2.45, 2.75) is 33.8 Å². The maximum atomic E-state index is 13.9. The summed E-state index contributed by atoms with van der Waals surface area (Å²) in [7, 11) is 0. The van der Waals surface area contributed by atoms with E-state index in [0.717, 1.165) is 13.1 Å². The minimum Gasteiger partial charge on any atom is -0.508 e. The normalized spacial score (nSPS) is 14.4. The van der Waals surface area contributed by atoms with Crippen LogP contribution in [0.25, 0.3) is 10.1 Å². The Kier molecular flexibility index (Phi) is 7.35. The number of benzene rings is 3. The van der Waals surface area contributed by atoms with E-state index in [0.29, 0.717) is 55.4 Å². The summed E-state index contributed by atoms with van der Waals surface area (Å²) in [6.45, 7) is 9.11. The summed E-state index contributed by atoms with van der Waals surface area (Å²) in [5.41, 5.74) is 1.18. The summed E-state index contributed by atoms with van der Waals surface area (Å²) in [5, 5.41) is 10.7. The number of nitrogens with zero attached hydrogens (tertiary/aromatic N) is 1. The van der Waals surface area contributed by atoms with E-state index in [4.69, 9.17) is 9.47 Å². The van der Waals surface area contributed by atoms with Crippen molar-refractivity contribution in [1.82, 2.24) is 4.90 Å². The first-order valence-corrected chi connectivity index (χ1v) is 13.6. The fraction of sp³-hybridized carbons (Fsp3) is 0.323. The topological polar surface area (TPSA) is 59.0 Å². The Morgan fingerprint density at radius 1 is 1.05 bits per heavy atom. The third-order valence-electron chi connectivity index (χ3n) is 6.84. The van der Waals surface area contributed by atoms with Crippen LogP contribution in [0.3, 0.4) is 0 Å². The van der Waals surface area contributed by atoms with Gasteiger partial charge in [-0.3, -0.25) is 14.1 Å². The molecule has 8 heteroatoms. The first-order chi connectivity index (χ1) is 18.5. The standard InChI is InChI=1S/C31H31F2NO4S/c1-18-11-20(33)12-19(2)27(18)28(36)30-29(25-10-5-21(35)13-26(25)39-30)38-23-8-6-22(7-9-23)37-24-14-34(15-24)17-31(3,4)16-32/h5-13,24,35H,14-17H2,1-4H3. The maximum Gasteiger partial charge on any atom is 0.207 e. The number of fused-ring (bicyclic) bond motifs is 1. The number of hydrogen-bond acceptors (Lipinski definition) is 6. The van der Waals surface area contributed by atoms with Crippen LogP contribution in [0, 0.1) is 25.1 Å². The molecule has 0 bridgehead atoms. The maximum absolute atomic E-state index is 13.9. The van der Waals surface area contributed by atoms with E-state index in [-0.39, 0.29) is 35.5 Å². The van der Waals surface area contributed by atoms with Gasteiger partial charge in [0.05, 0.1) is 6.67 Å². The number of carbonyl (C=O) groups excluding carboxylic acids is 1. The summed E-state index contributed by atoms with van der Waals surface area (Å²) in [5.74, 6) is 1.06. The van der Waals surface area contributed by atoms with Crippen LogP contribution >= 0.6 is 11.3 Å². The SMILES string of the molecule is Cc1cc(F)cc(C)c1C(=O)c1sc2cc(O)ccc2c1Oc1ccc(OC2CN(CC(C)(C)CF)C2)cc1. The Bertz CT molecular complexity index is 1500. The van der Waals surface area contributed by atoms with E-state index in [1.54, 1.807) is 44.2 Å². The average Bonchev–Trinajstić information content (AvgIpc) is 3.20. The lowest BCUT2D eigenvalue weighted by atomic mass is 9.93. The van der Waals surface area contributed by atoms with Gasteiger partial charge < -0.3 is 14.6 Å². The van der Waals surface area contributed by atoms with Crippen LogP contribution in [0.2, 0.25) is 0 Å². The predicted octanol–water partition coefficient (Wildman–Crippen LogP) is 7.44. The fourth-order valence-electron chi connectivity index (χ4n) is 4.97. The van der Waals surface area contributed by atoms with E-state index in [1.807, 2.05) is 26.0 Å². The number of alkyl halides is 1. The molecule has 1 aliphatic heterocycles. The molecule has 0 saturated carbocycles. The zero-order chi connectivity index (χ0) is 27.9. The van der Waals surface area contributed by atoms with E-state index >= 15 is 0 Å². The summed E-state index contributed by atoms with van der Waals surface area (Å²) in [6.07, 6.45) is 0.0482. The van der Waals surface area contributed by atoms with Crippen LogP contribution in [0.1, 0.15) is 40.2 Å². The van der Waals surface area contributed by atoms with Crippen molar-refractivity contribution in [3.05, 3.63) is 82.0 Å². The number of likely N-dealkylation sites (tertiary alicyclic amines) is 1. The van der Waals surface area contributed by atoms with Gasteiger partial charge in [-0.2, -0.15) is 0 Å². The number of aromatic hydroxyl groups is 1. The van der Waals surface area contributed by atoms with Crippen molar-refractivity contribution >= 4 is 27.2 Å². The lowest BCUT2D eigenvalue weighted by Crippen LogP contribution is -2.56. The highest BCUT2D eigenvalue weighted by Crippen LogP contribution is 2.43. The summed E-state index contributed by atoms with van der Waals surface area (Å²) < 4.78 is 40.0. The van der Waals surface area contributed by atoms with E-state index in [1.165, 1.54) is 23.5 Å². The second-order valence-corrected chi connectivity index (χ2v) is 12.0. The lowest BCUT2D eigenvalue weighted by molar-refractivity contribution is -0.00596. The fourth-order valence-corrected chi connectivity index (χ4v) is 6.07. The molecule has 0 aliphatic carbocycles. The van der Waals surface area contributed by atoms with E-state index < -0.39 is 0 Å². The summed E-state index contributed by atoms with van der Waals surface area (Å²) in [6, 6.07) is 14.8. The number of halogens is 2. The first-order valence-electron chi connectivity index (χ1n) is 12.8. The van der Waals surface area contributed by atoms with Crippen LogP contribution in [0.15, 0.2) is 54.6 Å². The molecule has 0 unspecified atom stereocenters. The third-order valence-corrected chi connectivity index (χ3v) is 7.97. The van der Waals surface area contributed by atoms with Crippen molar-refractivity contribution in [2.24, 2.45) is 5.41 Å². The molecule has 204 valence electrons. The van der Waals surface area contributed by atoms with Crippen molar-refractivity contribution in [2.75, 3.05) is 26.3 Å². The van der Waals surface area contributed by atoms with Crippen LogP contribution in [0.4, 0.5) is 8.78 Å². The van der Waals surface area contributed by atoms with Crippen LogP contribution in [-0.2, 0) is 0 Å². The molecular weight excluding hydrogens is 520 g/mol. The Hall–Kier alpha value is -3.49. The molecule has 1 aliphatic rings. The number of thiophene rings is 1. The van der Waals surface area contributed by atoms with Gasteiger partial charge in [-0.25, -0.2) is 4.39 Å². The van der Waals surface area contributed by atoms with Crippen LogP contribution < -0.4 is 9.47 Å². The molecule has 0 radical (unpaired) electrons. The molecule has 0 spiro atoms. The zero-order valence-electron chi connectivity index (χ0n) is 22.4. The Labute approximate surface area is 230 Å². The number of ether oxygens (including phenoxy) is 2. The Morgan fingerprint density at radius 3 is 2.33 bits per heavy atom. The van der Waals surface area contributed by atoms with Crippen molar-refractivity contribution < 1.29 is 28.2 Å². The minimum absolute atomic E-state index is 0.0482. The van der Waals surface area contributed by atoms with Gasteiger partial charge >= 0.3 is 0 Å². The largest absolute Gasteiger partial charge is 0.508 e. The number of carbonyl (C=O) groups is 1. The molecule has 3 aromatic carbocycles. The molecule has 4 aromatic rings. The van der Waals surface area contributed by atoms with Gasteiger partial charge in [0.25, 0.3) is 0 Å². The molecular formula is C31H31F2NO4S. The highest BCUT2D eigenvalue weighted by Gasteiger charge is 2.33. The second-order valence-electron chi connectivity index (χ2n) is 11.0. The summed E-state index contributed by atoms with van der Waals surface area (Å²) in [4.78, 5) is 16.3. The molecule has 1 fully saturated rings. The monoisotopic (exact) mass is 551 g/mol. The summed E-state index contributed by atoms with van der Waals surface area (Å²) >= 11 is 1.23. The Balaban J connectivity index is 1.36. The number of hydrogen-bond donors (Lipinski definition) is 1.